The van der Waals surface area contributed by atoms with Gasteiger partial charge in [-0.25, -0.2) is 0 Å². The van der Waals surface area contributed by atoms with E-state index in [-0.39, 0.29) is 12.4 Å². The smallest absolute Gasteiger partial charge is 0.147 e. The van der Waals surface area contributed by atoms with E-state index in [0.29, 0.717) is 17.2 Å². The van der Waals surface area contributed by atoms with Gasteiger partial charge in [0, 0.05) is 12.1 Å². The average molecular weight is 267 g/mol. The molecule has 0 saturated carbocycles. The Morgan fingerprint density at radius 2 is 1.89 bits per heavy atom. The Bertz CT molecular complexity index is 532. The minimum Gasteiger partial charge on any atom is -0.496 e. The number of benzene rings is 1. The molecule has 1 aromatic heterocycles. The van der Waals surface area contributed by atoms with E-state index in [1.165, 1.54) is 0 Å². The molecular weight excluding hydrogens is 252 g/mol. The Morgan fingerprint density at radius 1 is 1.11 bits per heavy atom. The van der Waals surface area contributed by atoms with Crippen LogP contribution in [0.4, 0.5) is 5.69 Å². The lowest BCUT2D eigenvalue weighted by Gasteiger charge is -2.09. The fraction of sp³-hybridized carbons (Fsp3) is 0.154. The predicted molar refractivity (Wildman–Crippen MR) is 73.7 cm³/mol. The lowest BCUT2D eigenvalue weighted by molar-refractivity contribution is 0.406. The normalized spacial score (nSPS) is 9.44. The molecule has 0 atom stereocenters. The molecule has 2 aromatic rings. The highest BCUT2D eigenvalue weighted by Crippen LogP contribution is 2.28. The summed E-state index contributed by atoms with van der Waals surface area (Å²) in [5.41, 5.74) is 7.26. The summed E-state index contributed by atoms with van der Waals surface area (Å²) in [7, 11) is 1.63. The van der Waals surface area contributed by atoms with Gasteiger partial charge in [0.2, 0.25) is 0 Å². The van der Waals surface area contributed by atoms with Crippen molar-refractivity contribution in [1.82, 2.24) is 4.98 Å². The highest BCUT2D eigenvalue weighted by molar-refractivity contribution is 5.85. The number of aromatic nitrogens is 1. The first-order valence-electron chi connectivity index (χ1n) is 5.22. The van der Waals surface area contributed by atoms with E-state index in [1.807, 2.05) is 25.1 Å². The summed E-state index contributed by atoms with van der Waals surface area (Å²) < 4.78 is 10.9. The van der Waals surface area contributed by atoms with Crippen LogP contribution < -0.4 is 15.2 Å². The maximum Gasteiger partial charge on any atom is 0.147 e. The van der Waals surface area contributed by atoms with Gasteiger partial charge in [-0.05, 0) is 18.6 Å². The van der Waals surface area contributed by atoms with Crippen LogP contribution in [0.5, 0.6) is 17.2 Å². The van der Waals surface area contributed by atoms with E-state index in [9.17, 15) is 0 Å². The van der Waals surface area contributed by atoms with Crippen LogP contribution in [0.15, 0.2) is 36.7 Å². The minimum atomic E-state index is 0. The van der Waals surface area contributed by atoms with Crippen molar-refractivity contribution >= 4 is 18.1 Å². The topological polar surface area (TPSA) is 57.4 Å². The first kappa shape index (κ1) is 14.1. The van der Waals surface area contributed by atoms with Crippen molar-refractivity contribution in [2.75, 3.05) is 12.8 Å². The number of hydrogen-bond donors (Lipinski definition) is 1. The largest absolute Gasteiger partial charge is 0.496 e. The first-order chi connectivity index (χ1) is 8.19. The summed E-state index contributed by atoms with van der Waals surface area (Å²) >= 11 is 0. The summed E-state index contributed by atoms with van der Waals surface area (Å²) in [6.45, 7) is 1.98. The van der Waals surface area contributed by atoms with Crippen molar-refractivity contribution in [3.8, 4) is 17.2 Å². The van der Waals surface area contributed by atoms with Gasteiger partial charge < -0.3 is 15.2 Å². The van der Waals surface area contributed by atoms with E-state index in [2.05, 4.69) is 4.98 Å². The molecule has 2 rings (SSSR count). The van der Waals surface area contributed by atoms with Crippen LogP contribution in [-0.2, 0) is 0 Å². The Hall–Kier alpha value is -1.94. The number of nitrogen functional groups attached to an aromatic ring is 1. The van der Waals surface area contributed by atoms with Crippen molar-refractivity contribution < 1.29 is 9.47 Å². The fourth-order valence-electron chi connectivity index (χ4n) is 1.49. The molecule has 0 aliphatic heterocycles. The van der Waals surface area contributed by atoms with Crippen molar-refractivity contribution in [3.05, 3.63) is 42.2 Å². The van der Waals surface area contributed by atoms with Crippen LogP contribution in [0, 0.1) is 6.92 Å². The predicted octanol–water partition coefficient (Wildman–Crippen LogP) is 3.19. The van der Waals surface area contributed by atoms with Gasteiger partial charge in [-0.15, -0.1) is 12.4 Å². The fourth-order valence-corrected chi connectivity index (χ4v) is 1.49. The zero-order chi connectivity index (χ0) is 12.3. The molecular formula is C13H15ClN2O2. The van der Waals surface area contributed by atoms with Crippen molar-refractivity contribution in [1.29, 1.82) is 0 Å². The third-order valence-corrected chi connectivity index (χ3v) is 2.35. The summed E-state index contributed by atoms with van der Waals surface area (Å²) in [5, 5.41) is 0. The molecule has 5 heteroatoms. The van der Waals surface area contributed by atoms with Crippen molar-refractivity contribution in [3.63, 3.8) is 0 Å². The number of hydrogen-bond acceptors (Lipinski definition) is 4. The van der Waals surface area contributed by atoms with E-state index in [0.717, 1.165) is 11.3 Å². The maximum atomic E-state index is 5.63. The second-order valence-corrected chi connectivity index (χ2v) is 3.69. The Kier molecular flexibility index (Phi) is 4.80. The van der Waals surface area contributed by atoms with E-state index < -0.39 is 0 Å². The van der Waals surface area contributed by atoms with Gasteiger partial charge in [0.25, 0.3) is 0 Å². The maximum absolute atomic E-state index is 5.63. The molecule has 18 heavy (non-hydrogen) atoms. The van der Waals surface area contributed by atoms with Crippen molar-refractivity contribution in [2.24, 2.45) is 0 Å². The number of halogens is 1. The zero-order valence-corrected chi connectivity index (χ0v) is 11.0. The van der Waals surface area contributed by atoms with Crippen LogP contribution in [0.1, 0.15) is 5.56 Å². The molecule has 0 unspecified atom stereocenters. The highest BCUT2D eigenvalue weighted by atomic mass is 35.5. The van der Waals surface area contributed by atoms with E-state index in [4.69, 9.17) is 15.2 Å². The number of rotatable bonds is 3. The van der Waals surface area contributed by atoms with Gasteiger partial charge in [-0.1, -0.05) is 6.07 Å². The van der Waals surface area contributed by atoms with E-state index >= 15 is 0 Å². The number of aryl methyl sites for hydroxylation is 1. The van der Waals surface area contributed by atoms with Gasteiger partial charge in [-0.3, -0.25) is 4.98 Å². The quantitative estimate of drug-likeness (QED) is 0.927. The number of pyridine rings is 1. The van der Waals surface area contributed by atoms with Crippen LogP contribution >= 0.6 is 12.4 Å². The standard InChI is InChI=1S/C13H14N2O2.ClH/c1-9-3-4-11(6-13(9)16-2)17-12-5-10(14)7-15-8-12;/h3-8H,14H2,1-2H3;1H. The summed E-state index contributed by atoms with van der Waals surface area (Å²) in [5.74, 6) is 2.09. The van der Waals surface area contributed by atoms with Gasteiger partial charge in [0.05, 0.1) is 25.2 Å². The third kappa shape index (κ3) is 3.28. The number of ether oxygens (including phenoxy) is 2. The molecule has 2 N–H and O–H groups in total. The van der Waals surface area contributed by atoms with E-state index in [1.54, 1.807) is 25.6 Å². The first-order valence-corrected chi connectivity index (χ1v) is 5.22. The number of nitrogens with zero attached hydrogens (tertiary/aromatic N) is 1. The number of anilines is 1. The molecule has 0 aliphatic rings. The average Bonchev–Trinajstić information content (AvgIpc) is 2.32. The second kappa shape index (κ2) is 6.12. The number of nitrogens with two attached hydrogens (primary N) is 1. The molecule has 0 bridgehead atoms. The Balaban J connectivity index is 0.00000162. The van der Waals surface area contributed by atoms with Gasteiger partial charge >= 0.3 is 0 Å². The summed E-state index contributed by atoms with van der Waals surface area (Å²) in [6, 6.07) is 7.37. The number of methoxy groups -OCH3 is 1. The third-order valence-electron chi connectivity index (χ3n) is 2.35. The molecule has 96 valence electrons. The molecule has 0 fully saturated rings. The van der Waals surface area contributed by atoms with Crippen LogP contribution in [0.3, 0.4) is 0 Å². The summed E-state index contributed by atoms with van der Waals surface area (Å²) in [4.78, 5) is 3.96. The molecule has 0 radical (unpaired) electrons. The lowest BCUT2D eigenvalue weighted by Crippen LogP contribution is -1.91. The van der Waals surface area contributed by atoms with Crippen molar-refractivity contribution in [2.45, 2.75) is 6.92 Å². The molecule has 0 amide bonds. The zero-order valence-electron chi connectivity index (χ0n) is 10.2. The Morgan fingerprint density at radius 3 is 2.56 bits per heavy atom. The molecule has 4 nitrogen and oxygen atoms in total. The second-order valence-electron chi connectivity index (χ2n) is 3.69. The monoisotopic (exact) mass is 266 g/mol. The van der Waals surface area contributed by atoms with Gasteiger partial charge in [0.1, 0.15) is 17.2 Å². The lowest BCUT2D eigenvalue weighted by atomic mass is 10.2. The summed E-state index contributed by atoms with van der Waals surface area (Å²) in [6.07, 6.45) is 3.19. The molecule has 0 spiro atoms. The highest BCUT2D eigenvalue weighted by Gasteiger charge is 2.03. The molecule has 1 heterocycles. The molecule has 1 aromatic carbocycles. The van der Waals surface area contributed by atoms with Gasteiger partial charge in [-0.2, -0.15) is 0 Å². The van der Waals surface area contributed by atoms with Crippen LogP contribution in [-0.4, -0.2) is 12.1 Å². The molecule has 0 aliphatic carbocycles. The SMILES string of the molecule is COc1cc(Oc2cncc(N)c2)ccc1C.Cl. The van der Waals surface area contributed by atoms with Crippen LogP contribution in [0.2, 0.25) is 0 Å². The minimum absolute atomic E-state index is 0. The van der Waals surface area contributed by atoms with Crippen LogP contribution in [0.25, 0.3) is 0 Å². The Labute approximate surface area is 112 Å². The molecule has 0 saturated heterocycles. The van der Waals surface area contributed by atoms with Gasteiger partial charge in [0.15, 0.2) is 0 Å².